The zero-order valence-corrected chi connectivity index (χ0v) is 9.82. The van der Waals surface area contributed by atoms with E-state index >= 15 is 0 Å². The molecule has 0 unspecified atom stereocenters. The molecule has 0 radical (unpaired) electrons. The van der Waals surface area contributed by atoms with Crippen molar-refractivity contribution in [3.8, 4) is 0 Å². The predicted octanol–water partition coefficient (Wildman–Crippen LogP) is 1.92. The highest BCUT2D eigenvalue weighted by Gasteiger charge is 2.36. The molecule has 1 aromatic carbocycles. The summed E-state index contributed by atoms with van der Waals surface area (Å²) in [4.78, 5) is 24.2. The molecule has 0 N–H and O–H groups in total. The maximum Gasteiger partial charge on any atom is 0.236 e. The Balaban J connectivity index is 2.29. The van der Waals surface area contributed by atoms with Gasteiger partial charge in [0.15, 0.2) is 0 Å². The normalized spacial score (nSPS) is 21.2. The van der Waals surface area contributed by atoms with Gasteiger partial charge in [-0.2, -0.15) is 0 Å². The van der Waals surface area contributed by atoms with Crippen molar-refractivity contribution in [3.05, 3.63) is 34.3 Å². The van der Waals surface area contributed by atoms with Crippen molar-refractivity contribution in [1.29, 1.82) is 0 Å². The molecule has 0 aliphatic carbocycles. The summed E-state index contributed by atoms with van der Waals surface area (Å²) in [6.07, 6.45) is 0.289. The summed E-state index contributed by atoms with van der Waals surface area (Å²) in [5.41, 5.74) is 0.904. The number of nitrogens with zero attached hydrogens (tertiary/aromatic N) is 1. The van der Waals surface area contributed by atoms with E-state index in [9.17, 15) is 9.59 Å². The molecule has 0 bridgehead atoms. The van der Waals surface area contributed by atoms with Crippen LogP contribution in [-0.2, 0) is 9.59 Å². The van der Waals surface area contributed by atoms with E-state index in [1.165, 1.54) is 11.9 Å². The lowest BCUT2D eigenvalue weighted by Gasteiger charge is -2.08. The lowest BCUT2D eigenvalue weighted by Crippen LogP contribution is -2.25. The lowest BCUT2D eigenvalue weighted by molar-refractivity contribution is -0.137. The zero-order valence-electron chi connectivity index (χ0n) is 8.24. The Bertz CT molecular complexity index is 413. The molecule has 1 aliphatic heterocycles. The van der Waals surface area contributed by atoms with E-state index in [1.54, 1.807) is 0 Å². The van der Waals surface area contributed by atoms with Crippen LogP contribution in [0, 0.1) is 0 Å². The van der Waals surface area contributed by atoms with Crippen LogP contribution in [0.5, 0.6) is 0 Å². The molecule has 2 rings (SSSR count). The topological polar surface area (TPSA) is 37.4 Å². The van der Waals surface area contributed by atoms with Gasteiger partial charge in [0.05, 0.1) is 5.92 Å². The molecule has 78 valence electrons. The SMILES string of the molecule is CN1C(=O)C[C@H](c2ccc(Br)cc2)C1=O. The second-order valence-corrected chi connectivity index (χ2v) is 4.51. The molecule has 3 nitrogen and oxygen atoms in total. The number of carbonyl (C=O) groups excluding carboxylic acids is 2. The first kappa shape index (κ1) is 10.4. The molecule has 1 fully saturated rings. The predicted molar refractivity (Wildman–Crippen MR) is 59.3 cm³/mol. The van der Waals surface area contributed by atoms with Crippen LogP contribution in [0.3, 0.4) is 0 Å². The second kappa shape index (κ2) is 3.77. The molecule has 4 heteroatoms. The molecular weight excluding hydrogens is 258 g/mol. The molecule has 1 atom stereocenters. The summed E-state index contributed by atoms with van der Waals surface area (Å²) in [6, 6.07) is 7.51. The van der Waals surface area contributed by atoms with Gasteiger partial charge in [-0.25, -0.2) is 0 Å². The van der Waals surface area contributed by atoms with Gasteiger partial charge in [0, 0.05) is 17.9 Å². The quantitative estimate of drug-likeness (QED) is 0.730. The molecule has 0 saturated carbocycles. The van der Waals surface area contributed by atoms with Crippen molar-refractivity contribution in [3.63, 3.8) is 0 Å². The highest BCUT2D eigenvalue weighted by molar-refractivity contribution is 9.10. The largest absolute Gasteiger partial charge is 0.285 e. The van der Waals surface area contributed by atoms with E-state index in [-0.39, 0.29) is 24.2 Å². The second-order valence-electron chi connectivity index (χ2n) is 3.60. The first-order chi connectivity index (χ1) is 7.09. The number of hydrogen-bond donors (Lipinski definition) is 0. The lowest BCUT2D eigenvalue weighted by atomic mass is 9.98. The van der Waals surface area contributed by atoms with Crippen molar-refractivity contribution in [2.45, 2.75) is 12.3 Å². The summed E-state index contributed by atoms with van der Waals surface area (Å²) in [5.74, 6) is -0.508. The van der Waals surface area contributed by atoms with Gasteiger partial charge in [0.2, 0.25) is 11.8 Å². The van der Waals surface area contributed by atoms with Crippen LogP contribution in [0.25, 0.3) is 0 Å². The van der Waals surface area contributed by atoms with Crippen molar-refractivity contribution in [2.24, 2.45) is 0 Å². The first-order valence-electron chi connectivity index (χ1n) is 4.65. The minimum absolute atomic E-state index is 0.104. The number of carbonyl (C=O) groups is 2. The van der Waals surface area contributed by atoms with Crippen molar-refractivity contribution in [1.82, 2.24) is 4.90 Å². The Morgan fingerprint density at radius 3 is 2.33 bits per heavy atom. The minimum Gasteiger partial charge on any atom is -0.285 e. The van der Waals surface area contributed by atoms with E-state index in [0.717, 1.165) is 10.0 Å². The third kappa shape index (κ3) is 1.81. The number of halogens is 1. The average Bonchev–Trinajstić information content (AvgIpc) is 2.47. The van der Waals surface area contributed by atoms with Crippen LogP contribution < -0.4 is 0 Å². The van der Waals surface area contributed by atoms with Gasteiger partial charge in [0.25, 0.3) is 0 Å². The van der Waals surface area contributed by atoms with E-state index in [1.807, 2.05) is 24.3 Å². The highest BCUT2D eigenvalue weighted by atomic mass is 79.9. The molecule has 2 amide bonds. The van der Waals surface area contributed by atoms with Crippen LogP contribution in [-0.4, -0.2) is 23.8 Å². The van der Waals surface area contributed by atoms with Crippen LogP contribution in [0.1, 0.15) is 17.9 Å². The Morgan fingerprint density at radius 2 is 1.87 bits per heavy atom. The van der Waals surface area contributed by atoms with Crippen molar-refractivity contribution >= 4 is 27.7 Å². The Morgan fingerprint density at radius 1 is 1.27 bits per heavy atom. The molecule has 1 aromatic rings. The molecular formula is C11H10BrNO2. The molecule has 0 spiro atoms. The smallest absolute Gasteiger partial charge is 0.236 e. The van der Waals surface area contributed by atoms with E-state index in [4.69, 9.17) is 0 Å². The molecule has 15 heavy (non-hydrogen) atoms. The maximum atomic E-state index is 11.7. The maximum absolute atomic E-state index is 11.7. The number of hydrogen-bond acceptors (Lipinski definition) is 2. The highest BCUT2D eigenvalue weighted by Crippen LogP contribution is 2.29. The third-order valence-corrected chi connectivity index (χ3v) is 3.18. The van der Waals surface area contributed by atoms with Crippen LogP contribution in [0.2, 0.25) is 0 Å². The summed E-state index contributed by atoms with van der Waals surface area (Å²) >= 11 is 3.33. The van der Waals surface area contributed by atoms with Gasteiger partial charge in [-0.15, -0.1) is 0 Å². The van der Waals surface area contributed by atoms with Crippen LogP contribution in [0.4, 0.5) is 0 Å². The molecule has 1 saturated heterocycles. The first-order valence-corrected chi connectivity index (χ1v) is 5.45. The summed E-state index contributed by atoms with van der Waals surface area (Å²) in [7, 11) is 1.53. The Labute approximate surface area is 96.2 Å². The fourth-order valence-corrected chi connectivity index (χ4v) is 1.98. The number of amides is 2. The number of rotatable bonds is 1. The fourth-order valence-electron chi connectivity index (χ4n) is 1.71. The van der Waals surface area contributed by atoms with Gasteiger partial charge in [0.1, 0.15) is 0 Å². The number of benzene rings is 1. The Hall–Kier alpha value is -1.16. The number of likely N-dealkylation sites (N-methyl/N-ethyl adjacent to an activating group) is 1. The van der Waals surface area contributed by atoms with Gasteiger partial charge < -0.3 is 0 Å². The van der Waals surface area contributed by atoms with Gasteiger partial charge in [-0.05, 0) is 17.7 Å². The monoisotopic (exact) mass is 267 g/mol. The van der Waals surface area contributed by atoms with Gasteiger partial charge >= 0.3 is 0 Å². The third-order valence-electron chi connectivity index (χ3n) is 2.65. The molecule has 1 heterocycles. The van der Waals surface area contributed by atoms with Crippen LogP contribution >= 0.6 is 15.9 Å². The zero-order chi connectivity index (χ0) is 11.0. The van der Waals surface area contributed by atoms with Crippen LogP contribution in [0.15, 0.2) is 28.7 Å². The van der Waals surface area contributed by atoms with E-state index in [2.05, 4.69) is 15.9 Å². The number of likely N-dealkylation sites (tertiary alicyclic amines) is 1. The van der Waals surface area contributed by atoms with E-state index in [0.29, 0.717) is 0 Å². The summed E-state index contributed by atoms with van der Waals surface area (Å²) in [5, 5.41) is 0. The summed E-state index contributed by atoms with van der Waals surface area (Å²) in [6.45, 7) is 0. The minimum atomic E-state index is -0.296. The number of imide groups is 1. The van der Waals surface area contributed by atoms with Crippen molar-refractivity contribution < 1.29 is 9.59 Å². The van der Waals surface area contributed by atoms with E-state index < -0.39 is 0 Å². The Kier molecular flexibility index (Phi) is 2.61. The van der Waals surface area contributed by atoms with Crippen molar-refractivity contribution in [2.75, 3.05) is 7.05 Å². The fraction of sp³-hybridized carbons (Fsp3) is 0.273. The summed E-state index contributed by atoms with van der Waals surface area (Å²) < 4.78 is 0.969. The molecule has 1 aliphatic rings. The molecule has 0 aromatic heterocycles. The van der Waals surface area contributed by atoms with Gasteiger partial charge in [-0.1, -0.05) is 28.1 Å². The average molecular weight is 268 g/mol. The van der Waals surface area contributed by atoms with Gasteiger partial charge in [-0.3, -0.25) is 14.5 Å². The standard InChI is InChI=1S/C11H10BrNO2/c1-13-10(14)6-9(11(13)15)7-2-4-8(12)5-3-7/h2-5,9H,6H2,1H3/t9-/m1/s1.